The lowest BCUT2D eigenvalue weighted by atomic mass is 10.1. The Balaban J connectivity index is 1.54. The highest BCUT2D eigenvalue weighted by Gasteiger charge is 2.27. The van der Waals surface area contributed by atoms with E-state index in [0.717, 1.165) is 11.2 Å². The highest BCUT2D eigenvalue weighted by atomic mass is 16.5. The molecule has 7 heteroatoms. The predicted molar refractivity (Wildman–Crippen MR) is 98.4 cm³/mol. The van der Waals surface area contributed by atoms with Crippen LogP contribution >= 0.6 is 0 Å². The van der Waals surface area contributed by atoms with Crippen LogP contribution in [0.4, 0.5) is 5.95 Å². The molecule has 3 aromatic heterocycles. The van der Waals surface area contributed by atoms with Crippen molar-refractivity contribution in [1.29, 1.82) is 0 Å². The van der Waals surface area contributed by atoms with Gasteiger partial charge in [-0.3, -0.25) is 4.79 Å². The van der Waals surface area contributed by atoms with Crippen molar-refractivity contribution in [2.45, 2.75) is 6.10 Å². The molecule has 4 heterocycles. The maximum absolute atomic E-state index is 12.9. The molecule has 1 aliphatic rings. The molecular weight excluding hydrogens is 330 g/mol. The van der Waals surface area contributed by atoms with Gasteiger partial charge in [0, 0.05) is 44.7 Å². The van der Waals surface area contributed by atoms with Gasteiger partial charge in [-0.2, -0.15) is 0 Å². The summed E-state index contributed by atoms with van der Waals surface area (Å²) in [4.78, 5) is 25.4. The third-order valence-corrected chi connectivity index (χ3v) is 4.50. The Morgan fingerprint density at radius 3 is 3.00 bits per heavy atom. The van der Waals surface area contributed by atoms with Gasteiger partial charge in [-0.25, -0.2) is 9.97 Å². The number of amides is 1. The third kappa shape index (κ3) is 3.13. The van der Waals surface area contributed by atoms with Gasteiger partial charge in [0.05, 0.1) is 24.4 Å². The zero-order valence-electron chi connectivity index (χ0n) is 14.9. The molecule has 0 saturated carbocycles. The molecule has 0 aliphatic carbocycles. The number of aromatic nitrogens is 3. The Bertz CT molecular complexity index is 903. The topological polar surface area (TPSA) is 63.0 Å². The molecular formula is C19H21N5O2. The smallest absolute Gasteiger partial charge is 0.255 e. The van der Waals surface area contributed by atoms with Crippen LogP contribution in [-0.4, -0.2) is 59.0 Å². The Labute approximate surface area is 151 Å². The molecule has 1 aliphatic heterocycles. The second-order valence-electron chi connectivity index (χ2n) is 6.55. The van der Waals surface area contributed by atoms with Gasteiger partial charge in [-0.05, 0) is 24.3 Å². The van der Waals surface area contributed by atoms with Gasteiger partial charge in [-0.1, -0.05) is 6.07 Å². The largest absolute Gasteiger partial charge is 0.368 e. The van der Waals surface area contributed by atoms with E-state index < -0.39 is 0 Å². The number of anilines is 1. The maximum Gasteiger partial charge on any atom is 0.255 e. The minimum atomic E-state index is -0.244. The van der Waals surface area contributed by atoms with Gasteiger partial charge in [-0.15, -0.1) is 0 Å². The summed E-state index contributed by atoms with van der Waals surface area (Å²) in [5.74, 6) is 0.650. The number of fused-ring (bicyclic) bond motifs is 1. The molecule has 134 valence electrons. The highest BCUT2D eigenvalue weighted by molar-refractivity contribution is 5.95. The first kappa shape index (κ1) is 16.5. The standard InChI is InChI=1S/C19H21N5O2/c1-22(2)19-20-7-6-16(21-19)17-13-24(9-10-26-17)18(25)14-11-15-5-3-4-8-23(15)12-14/h3-8,11-12,17H,9-10,13H2,1-2H3/t17-/m0/s1. The summed E-state index contributed by atoms with van der Waals surface area (Å²) in [7, 11) is 3.79. The molecule has 0 unspecified atom stereocenters. The molecule has 7 nitrogen and oxygen atoms in total. The minimum Gasteiger partial charge on any atom is -0.368 e. The molecule has 0 spiro atoms. The number of morpholine rings is 1. The Morgan fingerprint density at radius 1 is 1.31 bits per heavy atom. The quantitative estimate of drug-likeness (QED) is 0.722. The van der Waals surface area contributed by atoms with Crippen LogP contribution in [0.3, 0.4) is 0 Å². The van der Waals surface area contributed by atoms with E-state index in [2.05, 4.69) is 9.97 Å². The monoisotopic (exact) mass is 351 g/mol. The van der Waals surface area contributed by atoms with Gasteiger partial charge >= 0.3 is 0 Å². The summed E-state index contributed by atoms with van der Waals surface area (Å²) in [5, 5.41) is 0. The molecule has 1 amide bonds. The molecule has 0 N–H and O–H groups in total. The number of hydrogen-bond donors (Lipinski definition) is 0. The zero-order valence-corrected chi connectivity index (χ0v) is 14.9. The third-order valence-electron chi connectivity index (χ3n) is 4.50. The summed E-state index contributed by atoms with van der Waals surface area (Å²) in [6, 6.07) is 9.66. The van der Waals surface area contributed by atoms with Crippen LogP contribution in [0.25, 0.3) is 5.52 Å². The summed E-state index contributed by atoms with van der Waals surface area (Å²) in [5.41, 5.74) is 2.49. The number of carbonyl (C=O) groups is 1. The number of carbonyl (C=O) groups excluding carboxylic acids is 1. The fourth-order valence-electron chi connectivity index (χ4n) is 3.12. The van der Waals surface area contributed by atoms with E-state index in [-0.39, 0.29) is 12.0 Å². The second kappa shape index (κ2) is 6.76. The van der Waals surface area contributed by atoms with Gasteiger partial charge in [0.1, 0.15) is 6.10 Å². The summed E-state index contributed by atoms with van der Waals surface area (Å²) >= 11 is 0. The van der Waals surface area contributed by atoms with Crippen LogP contribution in [0.15, 0.2) is 48.9 Å². The summed E-state index contributed by atoms with van der Waals surface area (Å²) in [6.45, 7) is 1.55. The Kier molecular flexibility index (Phi) is 4.30. The number of rotatable bonds is 3. The van der Waals surface area contributed by atoms with Crippen molar-refractivity contribution in [2.75, 3.05) is 38.7 Å². The SMILES string of the molecule is CN(C)c1nccc([C@@H]2CN(C(=O)c3cc4ccccn4c3)CCO2)n1. The number of pyridine rings is 1. The van der Waals surface area contributed by atoms with Gasteiger partial charge in [0.2, 0.25) is 5.95 Å². The Hall–Kier alpha value is -2.93. The van der Waals surface area contributed by atoms with Gasteiger partial charge < -0.3 is 18.9 Å². The van der Waals surface area contributed by atoms with Crippen molar-refractivity contribution in [3.05, 3.63) is 60.2 Å². The summed E-state index contributed by atoms with van der Waals surface area (Å²) in [6.07, 6.45) is 5.29. The maximum atomic E-state index is 12.9. The molecule has 0 aromatic carbocycles. The van der Waals surface area contributed by atoms with E-state index in [1.807, 2.05) is 71.0 Å². The molecule has 0 radical (unpaired) electrons. The first-order valence-electron chi connectivity index (χ1n) is 8.60. The lowest BCUT2D eigenvalue weighted by molar-refractivity contribution is -0.0247. The van der Waals surface area contributed by atoms with E-state index in [9.17, 15) is 4.79 Å². The average Bonchev–Trinajstić information content (AvgIpc) is 3.12. The van der Waals surface area contributed by atoms with E-state index in [1.54, 1.807) is 6.20 Å². The van der Waals surface area contributed by atoms with Gasteiger partial charge in [0.25, 0.3) is 5.91 Å². The fraction of sp³-hybridized carbons (Fsp3) is 0.316. The van der Waals surface area contributed by atoms with Crippen LogP contribution in [-0.2, 0) is 4.74 Å². The molecule has 1 fully saturated rings. The molecule has 1 atom stereocenters. The van der Waals surface area contributed by atoms with E-state index in [1.165, 1.54) is 0 Å². The van der Waals surface area contributed by atoms with Crippen LogP contribution in [0.1, 0.15) is 22.2 Å². The fourth-order valence-corrected chi connectivity index (χ4v) is 3.12. The lowest BCUT2D eigenvalue weighted by Crippen LogP contribution is -2.42. The Morgan fingerprint density at radius 2 is 2.19 bits per heavy atom. The van der Waals surface area contributed by atoms with Crippen LogP contribution in [0.5, 0.6) is 0 Å². The average molecular weight is 351 g/mol. The normalized spacial score (nSPS) is 17.5. The van der Waals surface area contributed by atoms with Crippen molar-refractivity contribution in [1.82, 2.24) is 19.3 Å². The lowest BCUT2D eigenvalue weighted by Gasteiger charge is -2.32. The zero-order chi connectivity index (χ0) is 18.1. The van der Waals surface area contributed by atoms with Crippen molar-refractivity contribution < 1.29 is 9.53 Å². The summed E-state index contributed by atoms with van der Waals surface area (Å²) < 4.78 is 7.82. The first-order valence-corrected chi connectivity index (χ1v) is 8.60. The van der Waals surface area contributed by atoms with Crippen LogP contribution < -0.4 is 4.90 Å². The van der Waals surface area contributed by atoms with E-state index in [4.69, 9.17) is 4.74 Å². The van der Waals surface area contributed by atoms with Crippen LogP contribution in [0, 0.1) is 0 Å². The molecule has 26 heavy (non-hydrogen) atoms. The van der Waals surface area contributed by atoms with Crippen LogP contribution in [0.2, 0.25) is 0 Å². The van der Waals surface area contributed by atoms with Crippen molar-refractivity contribution in [2.24, 2.45) is 0 Å². The molecule has 1 saturated heterocycles. The number of ether oxygens (including phenoxy) is 1. The predicted octanol–water partition coefficient (Wildman–Crippen LogP) is 2.01. The van der Waals surface area contributed by atoms with Gasteiger partial charge in [0.15, 0.2) is 0 Å². The van der Waals surface area contributed by atoms with Crippen molar-refractivity contribution >= 4 is 17.4 Å². The van der Waals surface area contributed by atoms with Crippen molar-refractivity contribution in [3.63, 3.8) is 0 Å². The van der Waals surface area contributed by atoms with E-state index >= 15 is 0 Å². The molecule has 0 bridgehead atoms. The minimum absolute atomic E-state index is 0.0175. The number of hydrogen-bond acceptors (Lipinski definition) is 5. The molecule has 3 aromatic rings. The van der Waals surface area contributed by atoms with Crippen molar-refractivity contribution in [3.8, 4) is 0 Å². The second-order valence-corrected chi connectivity index (χ2v) is 6.55. The van der Waals surface area contributed by atoms with E-state index in [0.29, 0.717) is 31.2 Å². The first-order chi connectivity index (χ1) is 12.6. The number of nitrogens with zero attached hydrogens (tertiary/aromatic N) is 5. The molecule has 4 rings (SSSR count). The highest BCUT2D eigenvalue weighted by Crippen LogP contribution is 2.23.